The Morgan fingerprint density at radius 2 is 2.10 bits per heavy atom. The maximum absolute atomic E-state index is 11.7. The minimum Gasteiger partial charge on any atom is -0.493 e. The van der Waals surface area contributed by atoms with E-state index < -0.39 is 0 Å². The number of benzene rings is 1. The van der Waals surface area contributed by atoms with Gasteiger partial charge in [0.2, 0.25) is 0 Å². The lowest BCUT2D eigenvalue weighted by atomic mass is 10.2. The SMILES string of the molecule is COc1cc(C)ccc1OCC(=O)Nc1cc(C)[nH]n1. The maximum Gasteiger partial charge on any atom is 0.263 e. The van der Waals surface area contributed by atoms with Crippen molar-refractivity contribution in [2.45, 2.75) is 13.8 Å². The molecule has 1 aromatic carbocycles. The van der Waals surface area contributed by atoms with Crippen LogP contribution in [-0.2, 0) is 4.79 Å². The summed E-state index contributed by atoms with van der Waals surface area (Å²) in [6, 6.07) is 7.27. The lowest BCUT2D eigenvalue weighted by molar-refractivity contribution is -0.118. The average Bonchev–Trinajstić information content (AvgIpc) is 2.82. The summed E-state index contributed by atoms with van der Waals surface area (Å²) in [6.45, 7) is 3.71. The van der Waals surface area contributed by atoms with Crippen molar-refractivity contribution in [3.63, 3.8) is 0 Å². The number of rotatable bonds is 5. The quantitative estimate of drug-likeness (QED) is 0.875. The second kappa shape index (κ2) is 6.10. The lowest BCUT2D eigenvalue weighted by Gasteiger charge is -2.10. The minimum absolute atomic E-state index is 0.106. The van der Waals surface area contributed by atoms with Crippen molar-refractivity contribution in [1.29, 1.82) is 0 Å². The maximum atomic E-state index is 11.7. The summed E-state index contributed by atoms with van der Waals surface area (Å²) in [5, 5.41) is 9.30. The summed E-state index contributed by atoms with van der Waals surface area (Å²) in [6.07, 6.45) is 0. The number of ether oxygens (including phenoxy) is 2. The van der Waals surface area contributed by atoms with Crippen LogP contribution in [0.3, 0.4) is 0 Å². The fraction of sp³-hybridized carbons (Fsp3) is 0.286. The van der Waals surface area contributed by atoms with Gasteiger partial charge >= 0.3 is 0 Å². The molecule has 1 amide bonds. The highest BCUT2D eigenvalue weighted by Crippen LogP contribution is 2.27. The highest BCUT2D eigenvalue weighted by molar-refractivity contribution is 5.91. The van der Waals surface area contributed by atoms with Gasteiger partial charge < -0.3 is 14.8 Å². The number of methoxy groups -OCH3 is 1. The summed E-state index contributed by atoms with van der Waals surface area (Å²) in [5.41, 5.74) is 1.94. The van der Waals surface area contributed by atoms with Gasteiger partial charge in [-0.1, -0.05) is 6.07 Å². The molecule has 0 radical (unpaired) electrons. The number of nitrogens with zero attached hydrogens (tertiary/aromatic N) is 1. The van der Waals surface area contributed by atoms with E-state index in [4.69, 9.17) is 9.47 Å². The predicted molar refractivity (Wildman–Crippen MR) is 75.2 cm³/mol. The van der Waals surface area contributed by atoms with E-state index in [1.54, 1.807) is 19.2 Å². The summed E-state index contributed by atoms with van der Waals surface area (Å²) in [4.78, 5) is 11.7. The van der Waals surface area contributed by atoms with Gasteiger partial charge in [0.05, 0.1) is 7.11 Å². The fourth-order valence-electron chi connectivity index (χ4n) is 1.70. The summed E-state index contributed by atoms with van der Waals surface area (Å²) < 4.78 is 10.7. The number of aryl methyl sites for hydroxylation is 2. The number of H-pyrrole nitrogens is 1. The van der Waals surface area contributed by atoms with Crippen LogP contribution >= 0.6 is 0 Å². The van der Waals surface area contributed by atoms with Crippen molar-refractivity contribution in [2.24, 2.45) is 0 Å². The van der Waals surface area contributed by atoms with Crippen LogP contribution in [0.1, 0.15) is 11.3 Å². The summed E-state index contributed by atoms with van der Waals surface area (Å²) in [5.74, 6) is 1.34. The molecule has 0 aliphatic carbocycles. The smallest absolute Gasteiger partial charge is 0.263 e. The average molecular weight is 275 g/mol. The molecule has 106 valence electrons. The van der Waals surface area contributed by atoms with Crippen molar-refractivity contribution >= 4 is 11.7 Å². The van der Waals surface area contributed by atoms with Crippen LogP contribution in [0.2, 0.25) is 0 Å². The first-order valence-corrected chi connectivity index (χ1v) is 6.18. The molecular weight excluding hydrogens is 258 g/mol. The van der Waals surface area contributed by atoms with Gasteiger partial charge in [-0.3, -0.25) is 9.89 Å². The Hall–Kier alpha value is -2.50. The third kappa shape index (κ3) is 3.50. The Bertz CT molecular complexity index is 607. The normalized spacial score (nSPS) is 10.2. The number of hydrogen-bond acceptors (Lipinski definition) is 4. The minimum atomic E-state index is -0.279. The number of hydrogen-bond donors (Lipinski definition) is 2. The van der Waals surface area contributed by atoms with E-state index in [0.29, 0.717) is 17.3 Å². The lowest BCUT2D eigenvalue weighted by Crippen LogP contribution is -2.20. The molecule has 0 saturated heterocycles. The molecule has 0 atom stereocenters. The largest absolute Gasteiger partial charge is 0.493 e. The van der Waals surface area contributed by atoms with Gasteiger partial charge in [-0.05, 0) is 31.5 Å². The molecule has 6 heteroatoms. The summed E-state index contributed by atoms with van der Waals surface area (Å²) >= 11 is 0. The van der Waals surface area contributed by atoms with Crippen LogP contribution in [0, 0.1) is 13.8 Å². The van der Waals surface area contributed by atoms with Crippen LogP contribution in [-0.4, -0.2) is 29.8 Å². The number of anilines is 1. The number of carbonyl (C=O) groups is 1. The third-order valence-electron chi connectivity index (χ3n) is 2.65. The van der Waals surface area contributed by atoms with Crippen LogP contribution in [0.4, 0.5) is 5.82 Å². The molecule has 1 heterocycles. The molecule has 1 aromatic heterocycles. The Morgan fingerprint density at radius 3 is 2.75 bits per heavy atom. The van der Waals surface area contributed by atoms with Crippen LogP contribution in [0.5, 0.6) is 11.5 Å². The van der Waals surface area contributed by atoms with E-state index in [9.17, 15) is 4.79 Å². The zero-order chi connectivity index (χ0) is 14.5. The Labute approximate surface area is 117 Å². The second-order valence-corrected chi connectivity index (χ2v) is 4.43. The fourth-order valence-corrected chi connectivity index (χ4v) is 1.70. The van der Waals surface area contributed by atoms with Crippen molar-refractivity contribution < 1.29 is 14.3 Å². The molecule has 2 aromatic rings. The van der Waals surface area contributed by atoms with Gasteiger partial charge in [0.15, 0.2) is 23.9 Å². The highest BCUT2D eigenvalue weighted by Gasteiger charge is 2.09. The molecule has 0 aliphatic heterocycles. The van der Waals surface area contributed by atoms with Crippen molar-refractivity contribution in [1.82, 2.24) is 10.2 Å². The third-order valence-corrected chi connectivity index (χ3v) is 2.65. The van der Waals surface area contributed by atoms with Gasteiger partial charge in [-0.25, -0.2) is 0 Å². The van der Waals surface area contributed by atoms with Crippen molar-refractivity contribution in [3.05, 3.63) is 35.5 Å². The number of carbonyl (C=O) groups excluding carboxylic acids is 1. The molecule has 6 nitrogen and oxygen atoms in total. The van der Waals surface area contributed by atoms with Gasteiger partial charge in [0.25, 0.3) is 5.91 Å². The highest BCUT2D eigenvalue weighted by atomic mass is 16.5. The van der Waals surface area contributed by atoms with Crippen molar-refractivity contribution in [2.75, 3.05) is 19.0 Å². The zero-order valence-corrected chi connectivity index (χ0v) is 11.7. The molecular formula is C14H17N3O3. The Balaban J connectivity index is 1.93. The van der Waals surface area contributed by atoms with Crippen LogP contribution in [0.15, 0.2) is 24.3 Å². The number of nitrogens with one attached hydrogen (secondary N) is 2. The zero-order valence-electron chi connectivity index (χ0n) is 11.7. The Morgan fingerprint density at radius 1 is 1.30 bits per heavy atom. The van der Waals surface area contributed by atoms with E-state index in [-0.39, 0.29) is 12.5 Å². The number of aromatic nitrogens is 2. The molecule has 0 unspecified atom stereocenters. The standard InChI is InChI=1S/C14H17N3O3/c1-9-4-5-11(12(6-9)19-3)20-8-14(18)15-13-7-10(2)16-17-13/h4-7H,8H2,1-3H3,(H2,15,16,17,18). The molecule has 0 fully saturated rings. The molecule has 0 spiro atoms. The topological polar surface area (TPSA) is 76.2 Å². The van der Waals surface area contributed by atoms with Gasteiger partial charge in [0.1, 0.15) is 0 Å². The van der Waals surface area contributed by atoms with Crippen LogP contribution < -0.4 is 14.8 Å². The molecule has 2 N–H and O–H groups in total. The monoisotopic (exact) mass is 275 g/mol. The summed E-state index contributed by atoms with van der Waals surface area (Å²) in [7, 11) is 1.56. The predicted octanol–water partition coefficient (Wildman–Crippen LogP) is 2.05. The first kappa shape index (κ1) is 13.9. The Kier molecular flexibility index (Phi) is 4.24. The number of amides is 1. The van der Waals surface area contributed by atoms with Crippen molar-refractivity contribution in [3.8, 4) is 11.5 Å². The van der Waals surface area contributed by atoms with E-state index >= 15 is 0 Å². The molecule has 0 saturated carbocycles. The number of aromatic amines is 1. The van der Waals surface area contributed by atoms with E-state index in [1.807, 2.05) is 26.0 Å². The molecule has 0 aliphatic rings. The van der Waals surface area contributed by atoms with E-state index in [0.717, 1.165) is 11.3 Å². The first-order chi connectivity index (χ1) is 9.58. The molecule has 20 heavy (non-hydrogen) atoms. The molecule has 0 bridgehead atoms. The second-order valence-electron chi connectivity index (χ2n) is 4.43. The van der Waals surface area contributed by atoms with Gasteiger partial charge in [0, 0.05) is 11.8 Å². The van der Waals surface area contributed by atoms with Crippen LogP contribution in [0.25, 0.3) is 0 Å². The van der Waals surface area contributed by atoms with Gasteiger partial charge in [-0.15, -0.1) is 0 Å². The first-order valence-electron chi connectivity index (χ1n) is 6.18. The van der Waals surface area contributed by atoms with E-state index in [2.05, 4.69) is 15.5 Å². The van der Waals surface area contributed by atoms with Gasteiger partial charge in [-0.2, -0.15) is 5.10 Å². The molecule has 2 rings (SSSR count). The van der Waals surface area contributed by atoms with E-state index in [1.165, 1.54) is 0 Å².